The highest BCUT2D eigenvalue weighted by Crippen LogP contribution is 2.47. The van der Waals surface area contributed by atoms with E-state index < -0.39 is 23.1 Å². The van der Waals surface area contributed by atoms with Crippen LogP contribution in [-0.4, -0.2) is 20.8 Å². The number of fused-ring (bicyclic) bond motifs is 5. The highest BCUT2D eigenvalue weighted by Gasteiger charge is 2.36. The summed E-state index contributed by atoms with van der Waals surface area (Å²) in [6.45, 7) is 0. The first-order valence-electron chi connectivity index (χ1n) is 11.5. The molecule has 0 amide bonds. The van der Waals surface area contributed by atoms with Crippen LogP contribution in [0.5, 0.6) is 5.75 Å². The van der Waals surface area contributed by atoms with Gasteiger partial charge in [-0.05, 0) is 30.3 Å². The molecule has 1 aliphatic rings. The first-order chi connectivity index (χ1) is 17.4. The van der Waals surface area contributed by atoms with Gasteiger partial charge in [-0.25, -0.2) is 9.18 Å². The van der Waals surface area contributed by atoms with Crippen LogP contribution in [0.2, 0.25) is 0 Å². The minimum Gasteiger partial charge on any atom is -0.496 e. The molecule has 0 spiro atoms. The predicted octanol–water partition coefficient (Wildman–Crippen LogP) is 4.36. The first kappa shape index (κ1) is 21.9. The van der Waals surface area contributed by atoms with Crippen LogP contribution in [0.25, 0.3) is 27.8 Å². The fraction of sp³-hybridized carbons (Fsp3) is 0.143. The zero-order chi connectivity index (χ0) is 25.1. The van der Waals surface area contributed by atoms with Crippen LogP contribution in [0, 0.1) is 5.82 Å². The summed E-state index contributed by atoms with van der Waals surface area (Å²) >= 11 is 0. The zero-order valence-electron chi connectivity index (χ0n) is 19.9. The second-order valence-electron chi connectivity index (χ2n) is 8.81. The van der Waals surface area contributed by atoms with Crippen LogP contribution < -0.4 is 21.3 Å². The Balaban J connectivity index is 1.89. The van der Waals surface area contributed by atoms with E-state index in [0.29, 0.717) is 22.7 Å². The number of benzene rings is 3. The molecule has 0 radical (unpaired) electrons. The third kappa shape index (κ3) is 2.90. The van der Waals surface area contributed by atoms with Crippen LogP contribution in [0.1, 0.15) is 17.3 Å². The van der Waals surface area contributed by atoms with Gasteiger partial charge in [-0.2, -0.15) is 0 Å². The SMILES string of the molecule is COc1ccccc1[C@@H]1Nc2ccccc2-n2c(-c3ccccc3F)c3c(=O)n(C)c(=O)n(C)c3c21. The maximum absolute atomic E-state index is 15.4. The van der Waals surface area contributed by atoms with Crippen LogP contribution in [-0.2, 0) is 14.1 Å². The van der Waals surface area contributed by atoms with Gasteiger partial charge in [-0.3, -0.25) is 13.9 Å². The Morgan fingerprint density at radius 3 is 2.36 bits per heavy atom. The Morgan fingerprint density at radius 1 is 0.889 bits per heavy atom. The predicted molar refractivity (Wildman–Crippen MR) is 138 cm³/mol. The number of methoxy groups -OCH3 is 1. The van der Waals surface area contributed by atoms with Crippen molar-refractivity contribution < 1.29 is 9.13 Å². The summed E-state index contributed by atoms with van der Waals surface area (Å²) in [6.07, 6.45) is 0. The number of anilines is 1. The van der Waals surface area contributed by atoms with Crippen LogP contribution >= 0.6 is 0 Å². The van der Waals surface area contributed by atoms with Gasteiger partial charge in [0.25, 0.3) is 5.56 Å². The molecule has 0 bridgehead atoms. The highest BCUT2D eigenvalue weighted by molar-refractivity contribution is 5.99. The standard InChI is InChI=1S/C28H23FN4O3/c1-31-25-22(27(34)32(2)28(31)35)24(16-10-4-6-12-18(16)29)33-20-14-8-7-13-19(20)30-23(26(25)33)17-11-5-9-15-21(17)36-3/h4-15,23,30H,1-3H3/t23-/m0/s1. The summed E-state index contributed by atoms with van der Waals surface area (Å²) in [5.74, 6) is 0.192. The summed E-state index contributed by atoms with van der Waals surface area (Å²) in [4.78, 5) is 26.8. The van der Waals surface area contributed by atoms with Gasteiger partial charge in [0.05, 0.1) is 46.8 Å². The number of nitrogens with zero attached hydrogens (tertiary/aromatic N) is 3. The summed E-state index contributed by atoms with van der Waals surface area (Å²) in [5, 5.41) is 3.85. The second kappa shape index (κ2) is 7.98. The van der Waals surface area contributed by atoms with E-state index in [9.17, 15) is 9.59 Å². The van der Waals surface area contributed by atoms with E-state index in [-0.39, 0.29) is 10.9 Å². The monoisotopic (exact) mass is 482 g/mol. The summed E-state index contributed by atoms with van der Waals surface area (Å²) in [7, 11) is 4.68. The topological polar surface area (TPSA) is 70.2 Å². The Bertz CT molecular complexity index is 1800. The van der Waals surface area contributed by atoms with Gasteiger partial charge < -0.3 is 14.6 Å². The Kier molecular flexibility index (Phi) is 4.86. The van der Waals surface area contributed by atoms with Crippen molar-refractivity contribution in [1.29, 1.82) is 0 Å². The molecule has 7 nitrogen and oxygen atoms in total. The van der Waals surface area contributed by atoms with Crippen molar-refractivity contribution in [2.24, 2.45) is 14.1 Å². The molecular weight excluding hydrogens is 459 g/mol. The molecule has 0 unspecified atom stereocenters. The fourth-order valence-electron chi connectivity index (χ4n) is 5.26. The number of ether oxygens (including phenoxy) is 1. The normalized spacial score (nSPS) is 14.3. The van der Waals surface area contributed by atoms with E-state index in [1.54, 1.807) is 32.4 Å². The van der Waals surface area contributed by atoms with Gasteiger partial charge in [0.1, 0.15) is 11.6 Å². The van der Waals surface area contributed by atoms with Crippen molar-refractivity contribution >= 4 is 16.6 Å². The average molecular weight is 483 g/mol. The van der Waals surface area contributed by atoms with Gasteiger partial charge in [-0.1, -0.05) is 42.5 Å². The minimum absolute atomic E-state index is 0.276. The molecule has 3 aromatic carbocycles. The Morgan fingerprint density at radius 2 is 1.58 bits per heavy atom. The lowest BCUT2D eigenvalue weighted by molar-refractivity contribution is 0.408. The van der Waals surface area contributed by atoms with Crippen LogP contribution in [0.4, 0.5) is 10.1 Å². The molecule has 0 saturated carbocycles. The summed E-state index contributed by atoms with van der Waals surface area (Å²) in [6, 6.07) is 21.1. The number of hydrogen-bond donors (Lipinski definition) is 1. The molecule has 180 valence electrons. The molecule has 3 heterocycles. The number of aryl methyl sites for hydroxylation is 1. The van der Waals surface area contributed by atoms with E-state index in [4.69, 9.17) is 4.74 Å². The molecule has 1 aliphatic heterocycles. The average Bonchev–Trinajstić information content (AvgIpc) is 3.27. The van der Waals surface area contributed by atoms with Gasteiger partial charge in [-0.15, -0.1) is 0 Å². The lowest BCUT2D eigenvalue weighted by Crippen LogP contribution is -2.37. The zero-order valence-corrected chi connectivity index (χ0v) is 19.9. The fourth-order valence-corrected chi connectivity index (χ4v) is 5.26. The molecule has 8 heteroatoms. The Hall–Kier alpha value is -4.59. The van der Waals surface area contributed by atoms with Crippen LogP contribution in [0.15, 0.2) is 82.4 Å². The van der Waals surface area contributed by atoms with Crippen LogP contribution in [0.3, 0.4) is 0 Å². The van der Waals surface area contributed by atoms with Gasteiger partial charge in [0, 0.05) is 25.2 Å². The van der Waals surface area contributed by atoms with E-state index in [0.717, 1.165) is 21.5 Å². The van der Waals surface area contributed by atoms with E-state index in [1.807, 2.05) is 53.1 Å². The van der Waals surface area contributed by atoms with Crippen molar-refractivity contribution in [1.82, 2.24) is 13.7 Å². The molecule has 1 N–H and O–H groups in total. The molecule has 0 saturated heterocycles. The van der Waals surface area contributed by atoms with E-state index >= 15 is 4.39 Å². The third-order valence-corrected chi connectivity index (χ3v) is 6.91. The number of nitrogens with one attached hydrogen (secondary N) is 1. The van der Waals surface area contributed by atoms with Crippen molar-refractivity contribution in [2.45, 2.75) is 6.04 Å². The van der Waals surface area contributed by atoms with Gasteiger partial charge >= 0.3 is 5.69 Å². The molecule has 0 aliphatic carbocycles. The van der Waals surface area contributed by atoms with Gasteiger partial charge in [0.15, 0.2) is 0 Å². The van der Waals surface area contributed by atoms with Gasteiger partial charge in [0.2, 0.25) is 0 Å². The highest BCUT2D eigenvalue weighted by atomic mass is 19.1. The lowest BCUT2D eigenvalue weighted by atomic mass is 9.98. The van der Waals surface area contributed by atoms with Crippen molar-refractivity contribution in [3.05, 3.63) is 111 Å². The maximum atomic E-state index is 15.4. The molecule has 1 atom stereocenters. The number of para-hydroxylation sites is 3. The summed E-state index contributed by atoms with van der Waals surface area (Å²) < 4.78 is 25.5. The number of hydrogen-bond acceptors (Lipinski definition) is 4. The Labute approximate surface area is 205 Å². The summed E-state index contributed by atoms with van der Waals surface area (Å²) in [5.41, 5.74) is 3.22. The smallest absolute Gasteiger partial charge is 0.331 e. The third-order valence-electron chi connectivity index (χ3n) is 6.91. The molecule has 5 aromatic rings. The maximum Gasteiger partial charge on any atom is 0.331 e. The van der Waals surface area contributed by atoms with E-state index in [2.05, 4.69) is 5.32 Å². The largest absolute Gasteiger partial charge is 0.496 e. The molecule has 0 fully saturated rings. The molecule has 6 rings (SSSR count). The molecular formula is C28H23FN4O3. The quantitative estimate of drug-likeness (QED) is 0.415. The van der Waals surface area contributed by atoms with Crippen molar-refractivity contribution in [3.8, 4) is 22.7 Å². The number of halogens is 1. The minimum atomic E-state index is -0.489. The molecule has 2 aromatic heterocycles. The van der Waals surface area contributed by atoms with E-state index in [1.165, 1.54) is 17.7 Å². The van der Waals surface area contributed by atoms with Crippen molar-refractivity contribution in [2.75, 3.05) is 12.4 Å². The van der Waals surface area contributed by atoms with Crippen molar-refractivity contribution in [3.63, 3.8) is 0 Å². The molecule has 36 heavy (non-hydrogen) atoms. The first-order valence-corrected chi connectivity index (χ1v) is 11.5. The second-order valence-corrected chi connectivity index (χ2v) is 8.81. The lowest BCUT2D eigenvalue weighted by Gasteiger charge is -2.31. The number of rotatable bonds is 3. The number of aromatic nitrogens is 3.